The predicted octanol–water partition coefficient (Wildman–Crippen LogP) is 3.62. The van der Waals surface area contributed by atoms with Crippen LogP contribution in [-0.2, 0) is 4.79 Å². The number of rotatable bonds is 2. The fourth-order valence-electron chi connectivity index (χ4n) is 2.05. The predicted molar refractivity (Wildman–Crippen MR) is 88.2 cm³/mol. The summed E-state index contributed by atoms with van der Waals surface area (Å²) >= 11 is 3.35. The van der Waals surface area contributed by atoms with Gasteiger partial charge in [-0.05, 0) is 43.3 Å². The number of amides is 1. The minimum absolute atomic E-state index is 0.148. The third-order valence-electron chi connectivity index (χ3n) is 3.24. The van der Waals surface area contributed by atoms with Gasteiger partial charge in [0.2, 0.25) is 0 Å². The Morgan fingerprint density at radius 3 is 2.95 bits per heavy atom. The van der Waals surface area contributed by atoms with Crippen LogP contribution >= 0.6 is 15.9 Å². The van der Waals surface area contributed by atoms with Crippen LogP contribution in [0.2, 0.25) is 0 Å². The third kappa shape index (κ3) is 2.96. The number of nitrogens with zero attached hydrogens (tertiary/aromatic N) is 1. The summed E-state index contributed by atoms with van der Waals surface area (Å²) < 4.78 is 6.34. The summed E-state index contributed by atoms with van der Waals surface area (Å²) in [6.45, 7) is 1.69. The first-order valence-electron chi connectivity index (χ1n) is 6.67. The van der Waals surface area contributed by atoms with E-state index in [1.165, 1.54) is 0 Å². The Kier molecular flexibility index (Phi) is 3.85. The average molecular weight is 361 g/mol. The van der Waals surface area contributed by atoms with Crippen molar-refractivity contribution < 1.29 is 14.6 Å². The second-order valence-electron chi connectivity index (χ2n) is 4.89. The second kappa shape index (κ2) is 5.81. The summed E-state index contributed by atoms with van der Waals surface area (Å²) in [7, 11) is 0. The molecule has 6 heteroatoms. The van der Waals surface area contributed by atoms with Crippen molar-refractivity contribution in [3.05, 3.63) is 46.4 Å². The normalized spacial score (nSPS) is 17.0. The van der Waals surface area contributed by atoms with Gasteiger partial charge in [0.15, 0.2) is 6.10 Å². The zero-order valence-corrected chi connectivity index (χ0v) is 13.3. The van der Waals surface area contributed by atoms with E-state index in [2.05, 4.69) is 26.2 Å². The molecular weight excluding hydrogens is 348 g/mol. The van der Waals surface area contributed by atoms with Crippen LogP contribution in [0.15, 0.2) is 45.9 Å². The van der Waals surface area contributed by atoms with Gasteiger partial charge in [0.25, 0.3) is 5.91 Å². The molecule has 2 N–H and O–H groups in total. The van der Waals surface area contributed by atoms with Gasteiger partial charge in [0.05, 0.1) is 11.4 Å². The average Bonchev–Trinajstić information content (AvgIpc) is 2.49. The summed E-state index contributed by atoms with van der Waals surface area (Å²) in [5, 5.41) is 12.6. The molecule has 0 aliphatic carbocycles. The molecule has 1 amide bonds. The lowest BCUT2D eigenvalue weighted by molar-refractivity contribution is -0.122. The van der Waals surface area contributed by atoms with Crippen molar-refractivity contribution in [2.45, 2.75) is 13.0 Å². The number of fused-ring (bicyclic) bond motifs is 1. The molecule has 0 aromatic heterocycles. The zero-order chi connectivity index (χ0) is 15.7. The lowest BCUT2D eigenvalue weighted by atomic mass is 10.2. The van der Waals surface area contributed by atoms with Crippen LogP contribution in [0.3, 0.4) is 0 Å². The Labute approximate surface area is 135 Å². The van der Waals surface area contributed by atoms with E-state index >= 15 is 0 Å². The van der Waals surface area contributed by atoms with Crippen LogP contribution in [-0.4, -0.2) is 23.3 Å². The topological polar surface area (TPSA) is 70.9 Å². The van der Waals surface area contributed by atoms with Crippen molar-refractivity contribution in [1.29, 1.82) is 0 Å². The Hall–Kier alpha value is -2.34. The Morgan fingerprint density at radius 2 is 2.14 bits per heavy atom. The van der Waals surface area contributed by atoms with Crippen LogP contribution in [0.5, 0.6) is 11.5 Å². The van der Waals surface area contributed by atoms with Crippen molar-refractivity contribution in [1.82, 2.24) is 0 Å². The molecule has 0 saturated carbocycles. The van der Waals surface area contributed by atoms with E-state index < -0.39 is 6.10 Å². The number of carbonyl (C=O) groups excluding carboxylic acids is 1. The number of hydrogen-bond donors (Lipinski definition) is 2. The van der Waals surface area contributed by atoms with Crippen molar-refractivity contribution >= 4 is 39.4 Å². The summed E-state index contributed by atoms with van der Waals surface area (Å²) in [6, 6.07) is 10.4. The third-order valence-corrected chi connectivity index (χ3v) is 3.73. The maximum atomic E-state index is 11.6. The first-order valence-corrected chi connectivity index (χ1v) is 7.46. The van der Waals surface area contributed by atoms with Gasteiger partial charge >= 0.3 is 0 Å². The number of phenolic OH excluding ortho intramolecular Hbond substituents is 1. The summed E-state index contributed by atoms with van der Waals surface area (Å²) in [5.41, 5.74) is 1.84. The molecule has 3 rings (SSSR count). The molecule has 2 aromatic carbocycles. The number of anilines is 1. The molecule has 2 aromatic rings. The highest BCUT2D eigenvalue weighted by molar-refractivity contribution is 9.10. The zero-order valence-electron chi connectivity index (χ0n) is 11.7. The van der Waals surface area contributed by atoms with E-state index in [1.54, 1.807) is 49.5 Å². The molecule has 5 nitrogen and oxygen atoms in total. The molecule has 0 saturated heterocycles. The molecule has 22 heavy (non-hydrogen) atoms. The molecule has 0 unspecified atom stereocenters. The lowest BCUT2D eigenvalue weighted by Gasteiger charge is -2.23. The van der Waals surface area contributed by atoms with Crippen LogP contribution in [0.1, 0.15) is 12.5 Å². The number of benzene rings is 2. The number of aromatic hydroxyl groups is 1. The Balaban J connectivity index is 1.87. The van der Waals surface area contributed by atoms with E-state index in [0.717, 1.165) is 4.47 Å². The fraction of sp³-hybridized carbons (Fsp3) is 0.125. The van der Waals surface area contributed by atoms with E-state index in [0.29, 0.717) is 22.7 Å². The lowest BCUT2D eigenvalue weighted by Crippen LogP contribution is -2.34. The Morgan fingerprint density at radius 1 is 1.32 bits per heavy atom. The molecule has 0 radical (unpaired) electrons. The van der Waals surface area contributed by atoms with Crippen molar-refractivity contribution in [3.63, 3.8) is 0 Å². The highest BCUT2D eigenvalue weighted by atomic mass is 79.9. The molecule has 112 valence electrons. The smallest absolute Gasteiger partial charge is 0.265 e. The van der Waals surface area contributed by atoms with Gasteiger partial charge in [0, 0.05) is 16.3 Å². The van der Waals surface area contributed by atoms with Gasteiger partial charge in [-0.3, -0.25) is 9.79 Å². The van der Waals surface area contributed by atoms with Crippen LogP contribution < -0.4 is 10.1 Å². The first kappa shape index (κ1) is 14.6. The van der Waals surface area contributed by atoms with E-state index in [-0.39, 0.29) is 11.7 Å². The van der Waals surface area contributed by atoms with E-state index in [4.69, 9.17) is 4.74 Å². The monoisotopic (exact) mass is 360 g/mol. The van der Waals surface area contributed by atoms with Gasteiger partial charge in [-0.25, -0.2) is 0 Å². The number of aliphatic imine (C=N–C) groups is 1. The highest BCUT2D eigenvalue weighted by Gasteiger charge is 2.23. The standard InChI is InChI=1S/C16H13BrN2O3/c1-9-16(21)19-13-7-12(3-5-15(13)22-9)18-8-10-6-11(17)2-4-14(10)20/h2-9,20H,1H3,(H,19,21)/t9-/m1/s1. The second-order valence-corrected chi connectivity index (χ2v) is 5.81. The first-order chi connectivity index (χ1) is 10.5. The molecule has 1 aliphatic rings. The van der Waals surface area contributed by atoms with Crippen LogP contribution in [0.25, 0.3) is 0 Å². The van der Waals surface area contributed by atoms with Gasteiger partial charge in [0.1, 0.15) is 11.5 Å². The molecule has 0 spiro atoms. The summed E-state index contributed by atoms with van der Waals surface area (Å²) in [6.07, 6.45) is 1.07. The minimum atomic E-state index is -0.500. The number of ether oxygens (including phenoxy) is 1. The fourth-order valence-corrected chi connectivity index (χ4v) is 2.43. The van der Waals surface area contributed by atoms with Gasteiger partial charge < -0.3 is 15.2 Å². The molecule has 1 atom stereocenters. The van der Waals surface area contributed by atoms with Crippen molar-refractivity contribution in [2.24, 2.45) is 4.99 Å². The maximum Gasteiger partial charge on any atom is 0.265 e. The summed E-state index contributed by atoms with van der Waals surface area (Å²) in [5.74, 6) is 0.588. The van der Waals surface area contributed by atoms with Crippen molar-refractivity contribution in [3.8, 4) is 11.5 Å². The van der Waals surface area contributed by atoms with E-state index in [1.807, 2.05) is 0 Å². The molecular formula is C16H13BrN2O3. The molecule has 0 bridgehead atoms. The van der Waals surface area contributed by atoms with E-state index in [9.17, 15) is 9.90 Å². The minimum Gasteiger partial charge on any atom is -0.507 e. The largest absolute Gasteiger partial charge is 0.507 e. The van der Waals surface area contributed by atoms with Gasteiger partial charge in [-0.2, -0.15) is 0 Å². The molecule has 1 aliphatic heterocycles. The molecule has 1 heterocycles. The number of nitrogens with one attached hydrogen (secondary N) is 1. The van der Waals surface area contributed by atoms with Gasteiger partial charge in [-0.15, -0.1) is 0 Å². The number of phenols is 1. The number of carbonyl (C=O) groups is 1. The number of halogens is 1. The van der Waals surface area contributed by atoms with Gasteiger partial charge in [-0.1, -0.05) is 15.9 Å². The Bertz CT molecular complexity index is 774. The SMILES string of the molecule is C[C@H]1Oc2ccc(N=Cc3cc(Br)ccc3O)cc2NC1=O. The quantitative estimate of drug-likeness (QED) is 0.803. The number of hydrogen-bond acceptors (Lipinski definition) is 4. The van der Waals surface area contributed by atoms with Crippen molar-refractivity contribution in [2.75, 3.05) is 5.32 Å². The highest BCUT2D eigenvalue weighted by Crippen LogP contribution is 2.33. The molecule has 0 fully saturated rings. The van der Waals surface area contributed by atoms with Crippen LogP contribution in [0, 0.1) is 0 Å². The maximum absolute atomic E-state index is 11.6. The summed E-state index contributed by atoms with van der Waals surface area (Å²) in [4.78, 5) is 15.9. The van der Waals surface area contributed by atoms with Crippen LogP contribution in [0.4, 0.5) is 11.4 Å².